The fourth-order valence-electron chi connectivity index (χ4n) is 0. The predicted molar refractivity (Wildman–Crippen MR) is 23.3 cm³/mol. The largest absolute Gasteiger partial charge is 1.00 e. The third kappa shape index (κ3) is 47.7. The van der Waals surface area contributed by atoms with Gasteiger partial charge in [0.05, 0.1) is 0 Å². The minimum atomic E-state index is -5.39. The van der Waals surface area contributed by atoms with Crippen molar-refractivity contribution in [2.24, 2.45) is 0 Å². The first-order valence-electron chi connectivity index (χ1n) is 0.730. The Morgan fingerprint density at radius 3 is 1.12 bits per heavy atom. The molecule has 0 spiro atoms. The van der Waals surface area contributed by atoms with Crippen LogP contribution in [0.15, 0.2) is 0 Å². The van der Waals surface area contributed by atoms with Crippen molar-refractivity contribution >= 4 is 82.9 Å². The molecule has 0 fully saturated rings. The Hall–Kier alpha value is 4.37. The van der Waals surface area contributed by atoms with Crippen molar-refractivity contribution in [1.82, 2.24) is 0 Å². The van der Waals surface area contributed by atoms with Crippen LogP contribution in [0.4, 0.5) is 0 Å². The van der Waals surface area contributed by atoms with Gasteiger partial charge in [-0.15, -0.1) is 0 Å². The second-order valence-corrected chi connectivity index (χ2v) is 1.34. The topological polar surface area (TPSA) is 86.2 Å². The Kier molecular flexibility index (Phi) is 32.4. The zero-order valence-corrected chi connectivity index (χ0v) is 20.2. The number of phosphoric acid groups is 1. The summed E-state index contributed by atoms with van der Waals surface area (Å²) in [6.07, 6.45) is 0. The fourth-order valence-corrected chi connectivity index (χ4v) is 0. The predicted octanol–water partition coefficient (Wildman–Crippen LogP) is -7.39. The van der Waals surface area contributed by atoms with Crippen molar-refractivity contribution < 1.29 is 77.4 Å². The summed E-state index contributed by atoms with van der Waals surface area (Å²) in [7, 11) is -5.39. The molecule has 40 valence electrons. The molecular weight excluding hydrogens is 527 g/mol. The second-order valence-electron chi connectivity index (χ2n) is 0.447. The van der Waals surface area contributed by atoms with Crippen LogP contribution in [-0.2, 0) is 4.57 Å². The fraction of sp³-hybridized carbons (Fsp3) is 0. The molecule has 0 radical (unpaired) electrons. The van der Waals surface area contributed by atoms with E-state index >= 15 is 0 Å². The monoisotopic (exact) mass is 530 g/mol. The summed E-state index contributed by atoms with van der Waals surface area (Å²) < 4.78 is 8.55. The molecule has 4 nitrogen and oxygen atoms in total. The Balaban J connectivity index is -0.0000000267. The molecule has 0 aliphatic rings. The Bertz CT molecular complexity index is 62.2. The summed E-state index contributed by atoms with van der Waals surface area (Å²) in [6.45, 7) is 0. The average molecular weight is 530 g/mol. The first-order chi connectivity index (χ1) is 2.00. The molecule has 0 amide bonds. The smallest absolute Gasteiger partial charge is 1.00 e. The van der Waals surface area contributed by atoms with E-state index in [1.54, 1.807) is 0 Å². The van der Waals surface area contributed by atoms with Crippen LogP contribution in [0.25, 0.3) is 0 Å². The van der Waals surface area contributed by atoms with Crippen molar-refractivity contribution in [2.75, 3.05) is 0 Å². The maximum absolute atomic E-state index is 8.55. The molecule has 0 saturated carbocycles. The van der Waals surface area contributed by atoms with Gasteiger partial charge in [0.2, 0.25) is 0 Å². The van der Waals surface area contributed by atoms with Gasteiger partial charge in [-0.05, 0) is 0 Å². The first-order valence-corrected chi connectivity index (χ1v) is 2.19. The van der Waals surface area contributed by atoms with Gasteiger partial charge >= 0.3 is 133 Å². The van der Waals surface area contributed by atoms with Gasteiger partial charge in [-0.2, -0.15) is 7.82 Å². The minimum absolute atomic E-state index is 0. The van der Waals surface area contributed by atoms with Crippen LogP contribution in [-0.4, -0.2) is 75.1 Å². The van der Waals surface area contributed by atoms with Gasteiger partial charge in [-0.1, -0.05) is 0 Å². The molecule has 0 aromatic heterocycles. The van der Waals surface area contributed by atoms with Gasteiger partial charge in [-0.25, -0.2) is 0 Å². The molecule has 0 aromatic carbocycles. The van der Waals surface area contributed by atoms with Crippen LogP contribution in [0.2, 0.25) is 0 Å². The Morgan fingerprint density at radius 1 is 1.12 bits per heavy atom. The van der Waals surface area contributed by atoms with Crippen LogP contribution in [0.5, 0.6) is 0 Å². The van der Waals surface area contributed by atoms with E-state index in [4.69, 9.17) is 19.2 Å². The number of rotatable bonds is 0. The average Bonchev–Trinajstić information content (AvgIpc) is 0.722. The summed E-state index contributed by atoms with van der Waals surface area (Å²) in [5, 5.41) is 0. The molecule has 0 N–H and O–H groups in total. The molecule has 0 aromatic rings. The molecule has 0 bridgehead atoms. The van der Waals surface area contributed by atoms with Crippen molar-refractivity contribution in [3.05, 3.63) is 0 Å². The summed E-state index contributed by atoms with van der Waals surface area (Å²) in [5.41, 5.74) is 0. The van der Waals surface area contributed by atoms with Crippen molar-refractivity contribution in [3.63, 3.8) is 0 Å². The molecule has 0 aliphatic carbocycles. The minimum Gasteiger partial charge on any atom is 1.00 e. The SMILES string of the molecule is O=P([O-])([O-])[O-].[Ba+2].[BiH3].[Rb+]. The molecule has 0 unspecified atom stereocenters. The third-order valence-electron chi connectivity index (χ3n) is 0. The first kappa shape index (κ1) is 22.8. The summed E-state index contributed by atoms with van der Waals surface area (Å²) in [6, 6.07) is 0. The molecule has 0 aliphatic heterocycles. The van der Waals surface area contributed by atoms with Gasteiger partial charge in [0.25, 0.3) is 0 Å². The van der Waals surface area contributed by atoms with Gasteiger partial charge in [0.1, 0.15) is 0 Å². The summed E-state index contributed by atoms with van der Waals surface area (Å²) in [5.74, 6) is 0. The van der Waals surface area contributed by atoms with E-state index in [0.29, 0.717) is 0 Å². The van der Waals surface area contributed by atoms with Crippen molar-refractivity contribution in [1.29, 1.82) is 0 Å². The number of hydrogen-bond donors (Lipinski definition) is 0. The van der Waals surface area contributed by atoms with E-state index < -0.39 is 7.82 Å². The van der Waals surface area contributed by atoms with Gasteiger partial charge in [-0.3, -0.25) is 0 Å². The quantitative estimate of drug-likeness (QED) is 0.231. The van der Waals surface area contributed by atoms with Crippen LogP contribution in [0, 0.1) is 0 Å². The Morgan fingerprint density at radius 2 is 1.12 bits per heavy atom. The molecule has 8 heavy (non-hydrogen) atoms. The molecule has 0 rings (SSSR count). The third-order valence-corrected chi connectivity index (χ3v) is 0. The normalized spacial score (nSPS) is 7.38. The van der Waals surface area contributed by atoms with Gasteiger partial charge in [0, 0.05) is 0 Å². The van der Waals surface area contributed by atoms with Crippen LogP contribution < -0.4 is 72.9 Å². The van der Waals surface area contributed by atoms with E-state index in [-0.39, 0.29) is 133 Å². The molecule has 0 heterocycles. The standard InChI is InChI=1S/Ba.Bi.H3O4P.Rb.3H/c;;1-5(2,3)4;;;;/h;;(H3,1,2,3,4);;;;/q+2;;;+1;;;/p-3. The van der Waals surface area contributed by atoms with Crippen LogP contribution in [0.1, 0.15) is 0 Å². The second kappa shape index (κ2) is 11.4. The summed E-state index contributed by atoms with van der Waals surface area (Å²) >= 11 is 0. The Labute approximate surface area is 155 Å². The number of hydrogen-bond acceptors (Lipinski definition) is 4. The van der Waals surface area contributed by atoms with Gasteiger partial charge < -0.3 is 19.2 Å². The molecular formula is H3BaBiO4PRb. The van der Waals surface area contributed by atoms with Crippen molar-refractivity contribution in [3.8, 4) is 0 Å². The van der Waals surface area contributed by atoms with Crippen LogP contribution in [0.3, 0.4) is 0 Å². The van der Waals surface area contributed by atoms with Gasteiger partial charge in [0.15, 0.2) is 0 Å². The maximum atomic E-state index is 8.55. The zero-order valence-electron chi connectivity index (χ0n) is 4.49. The molecule has 8 heteroatoms. The molecule has 0 atom stereocenters. The maximum Gasteiger partial charge on any atom is 1.00 e. The van der Waals surface area contributed by atoms with E-state index in [1.165, 1.54) is 0 Å². The van der Waals surface area contributed by atoms with E-state index in [1.807, 2.05) is 0 Å². The summed E-state index contributed by atoms with van der Waals surface area (Å²) in [4.78, 5) is 25.6. The van der Waals surface area contributed by atoms with E-state index in [2.05, 4.69) is 0 Å². The van der Waals surface area contributed by atoms with E-state index in [9.17, 15) is 0 Å². The van der Waals surface area contributed by atoms with Crippen molar-refractivity contribution in [2.45, 2.75) is 0 Å². The van der Waals surface area contributed by atoms with E-state index in [0.717, 1.165) is 0 Å². The zero-order chi connectivity index (χ0) is 4.50. The van der Waals surface area contributed by atoms with Crippen LogP contribution >= 0.6 is 7.82 Å². The molecule has 0 saturated heterocycles.